The molecule has 4 rings (SSSR count). The quantitative estimate of drug-likeness (QED) is 0.459. The predicted molar refractivity (Wildman–Crippen MR) is 137 cm³/mol. The molecule has 1 atom stereocenters. The summed E-state index contributed by atoms with van der Waals surface area (Å²) in [4.78, 5) is 15.4. The SMILES string of the molecule is CC(C)c1ccc(CN(C(=O)Cc2coc3ccc(C(C)(C)C)cc23)C2CCS(=O)(=O)C2)cc1. The standard InChI is InChI=1S/C28H35NO4S/c1-19(2)21-8-6-20(7-9-21)16-29(24-12-13-34(31,32)18-24)27(30)14-22-17-33-26-11-10-23(15-25(22)26)28(3,4)5/h6-11,15,17,19,24H,12-14,16,18H2,1-5H3. The fraction of sp³-hybridized carbons (Fsp3) is 0.464. The minimum atomic E-state index is -3.12. The minimum Gasteiger partial charge on any atom is -0.464 e. The Kier molecular flexibility index (Phi) is 6.65. The summed E-state index contributed by atoms with van der Waals surface area (Å²) in [6.07, 6.45) is 2.33. The second-order valence-electron chi connectivity index (χ2n) is 10.9. The van der Waals surface area contributed by atoms with Crippen molar-refractivity contribution in [2.24, 2.45) is 0 Å². The first-order valence-corrected chi connectivity index (χ1v) is 13.8. The molecular weight excluding hydrogens is 446 g/mol. The van der Waals surface area contributed by atoms with E-state index in [1.54, 1.807) is 11.2 Å². The highest BCUT2D eigenvalue weighted by molar-refractivity contribution is 7.91. The summed E-state index contributed by atoms with van der Waals surface area (Å²) in [6, 6.07) is 14.1. The van der Waals surface area contributed by atoms with E-state index in [4.69, 9.17) is 4.42 Å². The number of benzene rings is 2. The first-order valence-electron chi connectivity index (χ1n) is 12.0. The summed E-state index contributed by atoms with van der Waals surface area (Å²) < 4.78 is 30.2. The molecule has 0 spiro atoms. The van der Waals surface area contributed by atoms with Crippen molar-refractivity contribution in [2.45, 2.75) is 71.4 Å². The fourth-order valence-electron chi connectivity index (χ4n) is 4.60. The number of sulfone groups is 1. The van der Waals surface area contributed by atoms with Crippen molar-refractivity contribution in [1.82, 2.24) is 4.90 Å². The molecule has 1 aliphatic rings. The monoisotopic (exact) mass is 481 g/mol. The maximum absolute atomic E-state index is 13.6. The summed E-state index contributed by atoms with van der Waals surface area (Å²) in [7, 11) is -3.12. The molecule has 5 nitrogen and oxygen atoms in total. The molecule has 1 amide bonds. The van der Waals surface area contributed by atoms with Gasteiger partial charge in [0.05, 0.1) is 24.2 Å². The van der Waals surface area contributed by atoms with E-state index in [9.17, 15) is 13.2 Å². The number of hydrogen-bond donors (Lipinski definition) is 0. The topological polar surface area (TPSA) is 67.6 Å². The Labute approximate surface area is 203 Å². The predicted octanol–water partition coefficient (Wildman–Crippen LogP) is 5.61. The maximum atomic E-state index is 13.6. The number of nitrogens with zero attached hydrogens (tertiary/aromatic N) is 1. The number of carbonyl (C=O) groups is 1. The number of hydrogen-bond acceptors (Lipinski definition) is 4. The summed E-state index contributed by atoms with van der Waals surface area (Å²) in [5, 5.41) is 0.945. The van der Waals surface area contributed by atoms with Gasteiger partial charge in [-0.25, -0.2) is 8.42 Å². The third-order valence-electron chi connectivity index (χ3n) is 6.83. The van der Waals surface area contributed by atoms with E-state index >= 15 is 0 Å². The Morgan fingerprint density at radius 2 is 1.82 bits per heavy atom. The van der Waals surface area contributed by atoms with Crippen molar-refractivity contribution in [2.75, 3.05) is 11.5 Å². The number of fused-ring (bicyclic) bond motifs is 1. The third kappa shape index (κ3) is 5.38. The molecule has 0 radical (unpaired) electrons. The van der Waals surface area contributed by atoms with Gasteiger partial charge in [0.25, 0.3) is 0 Å². The lowest BCUT2D eigenvalue weighted by atomic mass is 9.86. The molecule has 34 heavy (non-hydrogen) atoms. The summed E-state index contributed by atoms with van der Waals surface area (Å²) in [5.41, 5.74) is 5.01. The summed E-state index contributed by atoms with van der Waals surface area (Å²) in [6.45, 7) is 11.2. The van der Waals surface area contributed by atoms with Gasteiger partial charge in [0.1, 0.15) is 5.58 Å². The van der Waals surface area contributed by atoms with Gasteiger partial charge in [-0.2, -0.15) is 0 Å². The van der Waals surface area contributed by atoms with Crippen LogP contribution in [0, 0.1) is 0 Å². The Hall–Kier alpha value is -2.60. The van der Waals surface area contributed by atoms with E-state index in [0.717, 1.165) is 22.1 Å². The number of carbonyl (C=O) groups excluding carboxylic acids is 1. The molecule has 0 saturated carbocycles. The number of rotatable bonds is 6. The lowest BCUT2D eigenvalue weighted by Gasteiger charge is -2.28. The molecule has 0 aliphatic carbocycles. The van der Waals surface area contributed by atoms with Gasteiger partial charge in [0, 0.05) is 23.5 Å². The molecule has 3 aromatic rings. The summed E-state index contributed by atoms with van der Waals surface area (Å²) >= 11 is 0. The zero-order valence-corrected chi connectivity index (χ0v) is 21.6. The highest BCUT2D eigenvalue weighted by atomic mass is 32.2. The molecule has 2 heterocycles. The van der Waals surface area contributed by atoms with Crippen molar-refractivity contribution >= 4 is 26.7 Å². The van der Waals surface area contributed by atoms with Crippen LogP contribution < -0.4 is 0 Å². The minimum absolute atomic E-state index is 0.0148. The smallest absolute Gasteiger partial charge is 0.227 e. The van der Waals surface area contributed by atoms with Crippen LogP contribution in [0.5, 0.6) is 0 Å². The van der Waals surface area contributed by atoms with Crippen LogP contribution >= 0.6 is 0 Å². The molecule has 1 unspecified atom stereocenters. The van der Waals surface area contributed by atoms with Crippen LogP contribution in [0.2, 0.25) is 0 Å². The van der Waals surface area contributed by atoms with Gasteiger partial charge in [0.2, 0.25) is 5.91 Å². The van der Waals surface area contributed by atoms with Gasteiger partial charge in [-0.1, -0.05) is 65.0 Å². The Morgan fingerprint density at radius 1 is 1.12 bits per heavy atom. The van der Waals surface area contributed by atoms with Crippen molar-refractivity contribution in [3.8, 4) is 0 Å². The molecule has 182 valence electrons. The van der Waals surface area contributed by atoms with Crippen LogP contribution in [0.4, 0.5) is 0 Å². The lowest BCUT2D eigenvalue weighted by Crippen LogP contribution is -2.41. The van der Waals surface area contributed by atoms with E-state index in [2.05, 4.69) is 58.9 Å². The molecule has 0 N–H and O–H groups in total. The Bertz CT molecular complexity index is 1280. The molecule has 1 aliphatic heterocycles. The molecule has 1 fully saturated rings. The number of amides is 1. The molecule has 6 heteroatoms. The molecule has 0 bridgehead atoms. The van der Waals surface area contributed by atoms with Crippen LogP contribution in [0.1, 0.15) is 69.2 Å². The van der Waals surface area contributed by atoms with Crippen LogP contribution in [0.3, 0.4) is 0 Å². The van der Waals surface area contributed by atoms with Gasteiger partial charge in [-0.15, -0.1) is 0 Å². The second-order valence-corrected chi connectivity index (χ2v) is 13.1. The van der Waals surface area contributed by atoms with E-state index in [-0.39, 0.29) is 35.3 Å². The van der Waals surface area contributed by atoms with Crippen LogP contribution in [-0.4, -0.2) is 36.8 Å². The first kappa shape index (κ1) is 24.5. The van der Waals surface area contributed by atoms with Gasteiger partial charge < -0.3 is 9.32 Å². The molecule has 2 aromatic carbocycles. The molecule has 1 saturated heterocycles. The van der Waals surface area contributed by atoms with E-state index in [0.29, 0.717) is 18.9 Å². The van der Waals surface area contributed by atoms with Crippen LogP contribution in [-0.2, 0) is 33.0 Å². The first-order chi connectivity index (χ1) is 15.9. The average molecular weight is 482 g/mol. The largest absolute Gasteiger partial charge is 0.464 e. The van der Waals surface area contributed by atoms with Crippen molar-refractivity contribution in [3.05, 3.63) is 71.0 Å². The Balaban J connectivity index is 1.62. The van der Waals surface area contributed by atoms with E-state index in [1.165, 1.54) is 11.1 Å². The number of furan rings is 1. The van der Waals surface area contributed by atoms with Gasteiger partial charge in [-0.05, 0) is 46.6 Å². The molecule has 1 aromatic heterocycles. The molecular formula is C28H35NO4S. The Morgan fingerprint density at radius 3 is 2.41 bits per heavy atom. The fourth-order valence-corrected chi connectivity index (χ4v) is 6.33. The second kappa shape index (κ2) is 9.21. The third-order valence-corrected chi connectivity index (χ3v) is 8.58. The maximum Gasteiger partial charge on any atom is 0.227 e. The zero-order valence-electron chi connectivity index (χ0n) is 20.8. The average Bonchev–Trinajstić information content (AvgIpc) is 3.33. The van der Waals surface area contributed by atoms with Gasteiger partial charge in [-0.3, -0.25) is 4.79 Å². The van der Waals surface area contributed by atoms with Crippen LogP contribution in [0.15, 0.2) is 53.1 Å². The van der Waals surface area contributed by atoms with E-state index < -0.39 is 9.84 Å². The van der Waals surface area contributed by atoms with Crippen molar-refractivity contribution < 1.29 is 17.6 Å². The van der Waals surface area contributed by atoms with Crippen molar-refractivity contribution in [3.63, 3.8) is 0 Å². The normalized spacial score (nSPS) is 18.0. The van der Waals surface area contributed by atoms with Crippen LogP contribution in [0.25, 0.3) is 11.0 Å². The lowest BCUT2D eigenvalue weighted by molar-refractivity contribution is -0.133. The van der Waals surface area contributed by atoms with Crippen molar-refractivity contribution in [1.29, 1.82) is 0 Å². The van der Waals surface area contributed by atoms with Gasteiger partial charge >= 0.3 is 0 Å². The summed E-state index contributed by atoms with van der Waals surface area (Å²) in [5.74, 6) is 0.526. The highest BCUT2D eigenvalue weighted by Crippen LogP contribution is 2.30. The zero-order chi connectivity index (χ0) is 24.7. The van der Waals surface area contributed by atoms with E-state index in [1.807, 2.05) is 18.2 Å². The highest BCUT2D eigenvalue weighted by Gasteiger charge is 2.35. The van der Waals surface area contributed by atoms with Gasteiger partial charge in [0.15, 0.2) is 9.84 Å².